The van der Waals surface area contributed by atoms with Gasteiger partial charge in [-0.05, 0) is 19.8 Å². The number of anilines is 1. The molecule has 0 atom stereocenters. The number of H-pyrrole nitrogens is 1. The molecular formula is C19H32N6O2. The number of aromatic amines is 1. The van der Waals surface area contributed by atoms with E-state index in [4.69, 9.17) is 0 Å². The highest BCUT2D eigenvalue weighted by Gasteiger charge is 2.16. The standard InChI is InChI=1S/C19H32N6O2/c1-5-7-8-9-10-11-12-13-25-15-16(24(4)19(27)21-17(15)26)20-18(25)23-22-14(3)6-2/h5-13H2,1-4H3,(H,20,23)(H,21,26,27). The van der Waals surface area contributed by atoms with E-state index in [0.717, 1.165) is 25.0 Å². The number of fused-ring (bicyclic) bond motifs is 1. The zero-order chi connectivity index (χ0) is 19.8. The summed E-state index contributed by atoms with van der Waals surface area (Å²) < 4.78 is 3.20. The average molecular weight is 377 g/mol. The van der Waals surface area contributed by atoms with Crippen LogP contribution in [0.15, 0.2) is 14.7 Å². The van der Waals surface area contributed by atoms with E-state index in [9.17, 15) is 9.59 Å². The molecule has 0 amide bonds. The van der Waals surface area contributed by atoms with Crippen LogP contribution in [-0.4, -0.2) is 24.8 Å². The van der Waals surface area contributed by atoms with Gasteiger partial charge in [-0.25, -0.2) is 10.2 Å². The highest BCUT2D eigenvalue weighted by Crippen LogP contribution is 2.17. The van der Waals surface area contributed by atoms with Crippen LogP contribution in [0.25, 0.3) is 11.2 Å². The lowest BCUT2D eigenvalue weighted by molar-refractivity contribution is 0.556. The molecule has 2 aromatic rings. The molecule has 0 unspecified atom stereocenters. The van der Waals surface area contributed by atoms with Crippen LogP contribution in [0.4, 0.5) is 5.95 Å². The van der Waals surface area contributed by atoms with Crippen LogP contribution in [0.5, 0.6) is 0 Å². The van der Waals surface area contributed by atoms with Gasteiger partial charge in [0.1, 0.15) is 0 Å². The number of rotatable bonds is 11. The fourth-order valence-corrected chi connectivity index (χ4v) is 2.99. The summed E-state index contributed by atoms with van der Waals surface area (Å²) >= 11 is 0. The maximum absolute atomic E-state index is 12.4. The SMILES string of the molecule is CCCCCCCCCn1c(NN=C(C)CC)nc2c1c(=O)[nH]c(=O)n2C. The number of nitrogens with one attached hydrogen (secondary N) is 2. The molecule has 0 aromatic carbocycles. The lowest BCUT2D eigenvalue weighted by atomic mass is 10.1. The molecule has 8 nitrogen and oxygen atoms in total. The smallest absolute Gasteiger partial charge is 0.303 e. The van der Waals surface area contributed by atoms with Crippen LogP contribution < -0.4 is 16.7 Å². The Morgan fingerprint density at radius 1 is 1.11 bits per heavy atom. The first-order chi connectivity index (χ1) is 13.0. The monoisotopic (exact) mass is 376 g/mol. The highest BCUT2D eigenvalue weighted by atomic mass is 16.2. The number of hydrogen-bond acceptors (Lipinski definition) is 5. The summed E-state index contributed by atoms with van der Waals surface area (Å²) in [5, 5.41) is 4.31. The summed E-state index contributed by atoms with van der Waals surface area (Å²) in [6, 6.07) is 0. The number of nitrogens with zero attached hydrogens (tertiary/aromatic N) is 4. The molecule has 0 saturated carbocycles. The second-order valence-electron chi connectivity index (χ2n) is 7.01. The summed E-state index contributed by atoms with van der Waals surface area (Å²) in [5.41, 5.74) is 3.82. The first kappa shape index (κ1) is 20.9. The van der Waals surface area contributed by atoms with E-state index < -0.39 is 11.2 Å². The minimum absolute atomic E-state index is 0.374. The zero-order valence-electron chi connectivity index (χ0n) is 17.0. The van der Waals surface area contributed by atoms with E-state index in [1.807, 2.05) is 18.4 Å². The number of unbranched alkanes of at least 4 members (excludes halogenated alkanes) is 6. The van der Waals surface area contributed by atoms with Crippen molar-refractivity contribution in [3.05, 3.63) is 20.8 Å². The number of hydrazone groups is 1. The second-order valence-corrected chi connectivity index (χ2v) is 7.01. The van der Waals surface area contributed by atoms with Crippen molar-refractivity contribution in [3.8, 4) is 0 Å². The quantitative estimate of drug-likeness (QED) is 0.357. The maximum atomic E-state index is 12.4. The molecule has 27 heavy (non-hydrogen) atoms. The fraction of sp³-hybridized carbons (Fsp3) is 0.684. The van der Waals surface area contributed by atoms with Gasteiger partial charge in [0.25, 0.3) is 5.56 Å². The lowest BCUT2D eigenvalue weighted by Crippen LogP contribution is -2.29. The van der Waals surface area contributed by atoms with E-state index in [-0.39, 0.29) is 0 Å². The summed E-state index contributed by atoms with van der Waals surface area (Å²) in [6.07, 6.45) is 9.13. The molecule has 0 aliphatic heterocycles. The van der Waals surface area contributed by atoms with Crippen molar-refractivity contribution in [3.63, 3.8) is 0 Å². The van der Waals surface area contributed by atoms with Gasteiger partial charge in [0, 0.05) is 19.3 Å². The lowest BCUT2D eigenvalue weighted by Gasteiger charge is -2.08. The summed E-state index contributed by atoms with van der Waals surface area (Å²) in [6.45, 7) is 6.83. The van der Waals surface area contributed by atoms with Gasteiger partial charge in [0.15, 0.2) is 11.2 Å². The van der Waals surface area contributed by atoms with Crippen molar-refractivity contribution in [2.75, 3.05) is 5.43 Å². The van der Waals surface area contributed by atoms with Gasteiger partial charge < -0.3 is 4.57 Å². The Morgan fingerprint density at radius 3 is 2.44 bits per heavy atom. The van der Waals surface area contributed by atoms with E-state index in [0.29, 0.717) is 23.7 Å². The average Bonchev–Trinajstić information content (AvgIpc) is 3.02. The summed E-state index contributed by atoms with van der Waals surface area (Å²) in [4.78, 5) is 31.1. The molecule has 0 bridgehead atoms. The Morgan fingerprint density at radius 2 is 1.78 bits per heavy atom. The summed E-state index contributed by atoms with van der Waals surface area (Å²) in [7, 11) is 1.61. The molecule has 0 fully saturated rings. The van der Waals surface area contributed by atoms with Crippen LogP contribution in [0.3, 0.4) is 0 Å². The van der Waals surface area contributed by atoms with E-state index in [1.54, 1.807) is 7.05 Å². The van der Waals surface area contributed by atoms with Gasteiger partial charge in [-0.1, -0.05) is 52.4 Å². The van der Waals surface area contributed by atoms with Crippen LogP contribution in [0.1, 0.15) is 72.1 Å². The van der Waals surface area contributed by atoms with Gasteiger partial charge in [-0.3, -0.25) is 14.3 Å². The molecule has 0 aliphatic carbocycles. The van der Waals surface area contributed by atoms with Crippen LogP contribution >= 0.6 is 0 Å². The molecule has 150 valence electrons. The molecule has 8 heteroatoms. The Kier molecular flexibility index (Phi) is 7.82. The van der Waals surface area contributed by atoms with Crippen molar-refractivity contribution in [2.24, 2.45) is 12.1 Å². The minimum atomic E-state index is -0.465. The van der Waals surface area contributed by atoms with Crippen LogP contribution in [0.2, 0.25) is 0 Å². The van der Waals surface area contributed by atoms with Gasteiger partial charge in [0.05, 0.1) is 0 Å². The highest BCUT2D eigenvalue weighted by molar-refractivity contribution is 5.82. The van der Waals surface area contributed by atoms with E-state index in [2.05, 4.69) is 27.4 Å². The predicted molar refractivity (Wildman–Crippen MR) is 111 cm³/mol. The first-order valence-corrected chi connectivity index (χ1v) is 9.98. The van der Waals surface area contributed by atoms with Crippen molar-refractivity contribution >= 4 is 22.8 Å². The van der Waals surface area contributed by atoms with E-state index in [1.165, 1.54) is 36.7 Å². The molecule has 2 aromatic heterocycles. The van der Waals surface area contributed by atoms with Crippen LogP contribution in [-0.2, 0) is 13.6 Å². The Balaban J connectivity index is 2.24. The molecule has 2 heterocycles. The number of imidazole rings is 1. The van der Waals surface area contributed by atoms with E-state index >= 15 is 0 Å². The Labute approximate surface area is 159 Å². The second kappa shape index (κ2) is 10.1. The Hall–Kier alpha value is -2.38. The van der Waals surface area contributed by atoms with Crippen molar-refractivity contribution < 1.29 is 0 Å². The zero-order valence-corrected chi connectivity index (χ0v) is 17.0. The molecule has 0 radical (unpaired) electrons. The molecule has 2 rings (SSSR count). The molecular weight excluding hydrogens is 344 g/mol. The third kappa shape index (κ3) is 5.30. The van der Waals surface area contributed by atoms with Gasteiger partial charge in [-0.2, -0.15) is 10.1 Å². The van der Waals surface area contributed by atoms with Crippen molar-refractivity contribution in [1.82, 2.24) is 19.1 Å². The maximum Gasteiger partial charge on any atom is 0.329 e. The fourth-order valence-electron chi connectivity index (χ4n) is 2.99. The topological polar surface area (TPSA) is 97.1 Å². The largest absolute Gasteiger partial charge is 0.329 e. The summed E-state index contributed by atoms with van der Waals surface area (Å²) in [5.74, 6) is 0.496. The molecule has 2 N–H and O–H groups in total. The number of hydrogen-bond donors (Lipinski definition) is 2. The van der Waals surface area contributed by atoms with Crippen molar-refractivity contribution in [2.45, 2.75) is 78.7 Å². The molecule has 0 saturated heterocycles. The van der Waals surface area contributed by atoms with Gasteiger partial charge in [-0.15, -0.1) is 0 Å². The third-order valence-electron chi connectivity index (χ3n) is 4.85. The van der Waals surface area contributed by atoms with Gasteiger partial charge >= 0.3 is 5.69 Å². The molecule has 0 spiro atoms. The molecule has 0 aliphatic rings. The Bertz CT molecular complexity index is 890. The van der Waals surface area contributed by atoms with Gasteiger partial charge in [0.2, 0.25) is 5.95 Å². The predicted octanol–water partition coefficient (Wildman–Crippen LogP) is 3.37. The number of aryl methyl sites for hydroxylation is 2. The van der Waals surface area contributed by atoms with Crippen molar-refractivity contribution in [1.29, 1.82) is 0 Å². The first-order valence-electron chi connectivity index (χ1n) is 9.98. The third-order valence-corrected chi connectivity index (χ3v) is 4.85. The minimum Gasteiger partial charge on any atom is -0.303 e. The number of aromatic nitrogens is 4. The van der Waals surface area contributed by atoms with Crippen LogP contribution in [0, 0.1) is 0 Å². The normalized spacial score (nSPS) is 12.1.